The molecule has 0 bridgehead atoms. The van der Waals surface area contributed by atoms with Crippen molar-refractivity contribution in [2.24, 2.45) is 5.73 Å². The molecule has 5 aromatic carbocycles. The lowest BCUT2D eigenvalue weighted by Crippen LogP contribution is -2.12. The van der Waals surface area contributed by atoms with E-state index in [-0.39, 0.29) is 61.2 Å². The Morgan fingerprint density at radius 2 is 0.811 bits per heavy atom. The van der Waals surface area contributed by atoms with Crippen molar-refractivity contribution in [3.05, 3.63) is 176 Å². The molecule has 5 aromatic heterocycles. The number of nitrogens with one attached hydrogen (secondary N) is 2. The van der Waals surface area contributed by atoms with Crippen LogP contribution in [0, 0.1) is 0 Å². The minimum Gasteiger partial charge on any atom is -0.496 e. The van der Waals surface area contributed by atoms with Gasteiger partial charge in [-0.25, -0.2) is 52.3 Å². The first-order valence-electron chi connectivity index (χ1n) is 40.8. The van der Waals surface area contributed by atoms with Gasteiger partial charge < -0.3 is 125 Å². The molecule has 11 rings (SSSR count). The molecule has 10 aromatic rings. The van der Waals surface area contributed by atoms with Crippen molar-refractivity contribution in [1.29, 1.82) is 0 Å². The van der Waals surface area contributed by atoms with E-state index < -0.39 is 52.1 Å². The van der Waals surface area contributed by atoms with Crippen LogP contribution >= 0.6 is 45.5 Å². The SMILES string of the molecule is CCCCCN.CCCCCNc1nc(Cl)nc2ccn(Cc3ccc(OCC(=O)OC)cc3OC)c12.CCCCCNc1nc(N)nc2ccn(Cc3ccc(OCC(=O)O)cc3OC)c12.CCc1ccc(OCC(=O)OC)cc1OC.COC(=O)COc1ccc(CO)c(OC)c1.COc1cc(OCC(=O)O)ccc1CO.CS(=O)(=O)Cl.Clc1nc(Cl)c2c(n1)C=CC2.N.O. The summed E-state index contributed by atoms with van der Waals surface area (Å²) >= 11 is 17.5. The number of halogens is 4. The largest absolute Gasteiger partial charge is 0.496 e. The van der Waals surface area contributed by atoms with E-state index in [1.807, 2.05) is 72.4 Å². The number of nitrogen functional groups attached to an aromatic ring is 1. The molecule has 0 radical (unpaired) electrons. The number of rotatable bonds is 40. The fourth-order valence-corrected chi connectivity index (χ4v) is 12.1. The summed E-state index contributed by atoms with van der Waals surface area (Å²) in [5, 5.41) is 42.8. The molecular weight excluding hydrogens is 1820 g/mol. The number of carboxylic acid groups (broad SMARTS) is 2. The van der Waals surface area contributed by atoms with Crippen molar-refractivity contribution >= 4 is 130 Å². The molecular formula is C89H121Cl4N13O25S. The van der Waals surface area contributed by atoms with Gasteiger partial charge in [0.2, 0.25) is 25.6 Å². The number of carbonyl (C=O) groups is 5. The molecule has 0 saturated heterocycles. The van der Waals surface area contributed by atoms with Gasteiger partial charge in [0.15, 0.2) is 44.7 Å². The molecule has 0 atom stereocenters. The van der Waals surface area contributed by atoms with Crippen molar-refractivity contribution in [2.45, 2.75) is 125 Å². The minimum atomic E-state index is -3.19. The molecule has 0 spiro atoms. The second kappa shape index (κ2) is 63.8. The molecule has 0 unspecified atom stereocenters. The van der Waals surface area contributed by atoms with Gasteiger partial charge in [0.1, 0.15) is 73.7 Å². The van der Waals surface area contributed by atoms with Gasteiger partial charge in [-0.3, -0.25) is 0 Å². The monoisotopic (exact) mass is 1940 g/mol. The van der Waals surface area contributed by atoms with Crippen LogP contribution in [0.2, 0.25) is 15.7 Å². The second-order valence-electron chi connectivity index (χ2n) is 27.3. The van der Waals surface area contributed by atoms with Crippen LogP contribution in [0.4, 0.5) is 17.6 Å². The van der Waals surface area contributed by atoms with Gasteiger partial charge >= 0.3 is 29.8 Å². The molecule has 0 saturated carbocycles. The van der Waals surface area contributed by atoms with Gasteiger partial charge in [-0.1, -0.05) is 90.0 Å². The summed E-state index contributed by atoms with van der Waals surface area (Å²) in [6.07, 6.45) is 20.8. The van der Waals surface area contributed by atoms with E-state index in [9.17, 15) is 32.4 Å². The number of aliphatic hydroxyl groups excluding tert-OH is 2. The molecule has 1 aliphatic carbocycles. The third kappa shape index (κ3) is 42.4. The molecule has 0 aliphatic heterocycles. The third-order valence-corrected chi connectivity index (χ3v) is 18.5. The molecule has 1 aliphatic rings. The van der Waals surface area contributed by atoms with Crippen molar-refractivity contribution in [1.82, 2.24) is 45.2 Å². The van der Waals surface area contributed by atoms with E-state index in [0.29, 0.717) is 92.8 Å². The molecule has 5 heterocycles. The zero-order valence-electron chi connectivity index (χ0n) is 76.2. The number of aliphatic carboxylic acids is 2. The summed E-state index contributed by atoms with van der Waals surface area (Å²) in [7, 11) is 13.0. The lowest BCUT2D eigenvalue weighted by Gasteiger charge is -2.14. The van der Waals surface area contributed by atoms with E-state index in [1.54, 1.807) is 82.0 Å². The van der Waals surface area contributed by atoms with Crippen molar-refractivity contribution in [3.63, 3.8) is 0 Å². The number of benzene rings is 5. The number of fused-ring (bicyclic) bond motifs is 3. The molecule has 0 amide bonds. The summed E-state index contributed by atoms with van der Waals surface area (Å²) in [6.45, 7) is 10.6. The number of carboxylic acids is 2. The fraction of sp³-hybridized carbons (Fsp3) is 0.404. The first kappa shape index (κ1) is 116. The number of ether oxygens (including phenoxy) is 13. The van der Waals surface area contributed by atoms with Crippen LogP contribution in [0.25, 0.3) is 28.1 Å². The van der Waals surface area contributed by atoms with Crippen molar-refractivity contribution < 1.29 is 120 Å². The van der Waals surface area contributed by atoms with E-state index in [0.717, 1.165) is 133 Å². The van der Waals surface area contributed by atoms with E-state index in [1.165, 1.54) is 60.9 Å². The molecule has 132 heavy (non-hydrogen) atoms. The third-order valence-electron chi connectivity index (χ3n) is 17.9. The number of unbranched alkanes of at least 4 members (excludes halogenated alkanes) is 6. The quantitative estimate of drug-likeness (QED) is 0.00430. The highest BCUT2D eigenvalue weighted by Gasteiger charge is 2.19. The number of aromatic nitrogens is 8. The Balaban J connectivity index is 0.000000539. The van der Waals surface area contributed by atoms with Crippen LogP contribution in [0.5, 0.6) is 57.5 Å². The van der Waals surface area contributed by atoms with E-state index >= 15 is 0 Å². The van der Waals surface area contributed by atoms with Gasteiger partial charge in [0, 0.05) is 94.3 Å². The normalized spacial score (nSPS) is 10.5. The van der Waals surface area contributed by atoms with Crippen LogP contribution in [0.1, 0.15) is 125 Å². The van der Waals surface area contributed by atoms with E-state index in [4.69, 9.17) is 114 Å². The minimum absolute atomic E-state index is 0. The van der Waals surface area contributed by atoms with Gasteiger partial charge in [0.25, 0.3) is 0 Å². The predicted molar refractivity (Wildman–Crippen MR) is 506 cm³/mol. The molecule has 0 fully saturated rings. The maximum atomic E-state index is 11.3. The fourth-order valence-electron chi connectivity index (χ4n) is 11.5. The Hall–Kier alpha value is -12.2. The number of anilines is 3. The number of allylic oxidation sites excluding steroid dienone is 1. The standard InChI is InChI=1S/C22H27ClN4O4.C21H27N5O4.C12H16O4.C11H14O5.C10H12O5.C7H4Cl2N2.C5H13N.CH3ClO2S.H3N.H2O/c1-4-5-6-10-24-21-20-17(25-22(23)26-21)9-11-27(20)13-15-7-8-16(12-18(15)29-2)31-14-19(28)30-3;1-3-4-5-9-23-20-19-16(24-21(22)25-20)8-10-26(19)12-14-6-7-15(11-17(14)29-2)30-13-18(27)28;1-4-9-5-6-10(7-11(9)14-2)16-8-12(13)15-3;1-14-10-5-9(4-3-8(10)6-12)16-7-11(13)15-2;1-14-9-4-8(15-6-10(12)13)3-2-7(9)5-11;8-6-4-2-1-3-5(4)10-7(9)11-6;1-2-3-4-5-6;1-5(2,3)4;;/h7-9,11-12H,4-6,10,13-14H2,1-3H3,(H,24,25,26);6-8,10-11H,3-5,9,12-13H2,1-2H3,(H,27,28)(H3,22,23,24,25);5-7H,4,8H2,1-3H3;3-5,12H,6-7H2,1-2H3;2-4,11H,5-6H2,1H3,(H,12,13);1,3H,2H2;2-6H2,1H3;1H3;1H3;1H2. The van der Waals surface area contributed by atoms with Gasteiger partial charge in [-0.05, 0) is 140 Å². The van der Waals surface area contributed by atoms with Crippen molar-refractivity contribution in [3.8, 4) is 57.5 Å². The average Bonchev–Trinajstić information content (AvgIpc) is 1.64. The van der Waals surface area contributed by atoms with Gasteiger partial charge in [-0.15, -0.1) is 0 Å². The van der Waals surface area contributed by atoms with Crippen LogP contribution < -0.4 is 75.6 Å². The first-order valence-corrected chi connectivity index (χ1v) is 44.6. The lowest BCUT2D eigenvalue weighted by molar-refractivity contribution is -0.143. The highest BCUT2D eigenvalue weighted by atomic mass is 35.7. The Morgan fingerprint density at radius 3 is 1.16 bits per heavy atom. The Labute approximate surface area is 787 Å². The molecule has 38 nitrogen and oxygen atoms in total. The van der Waals surface area contributed by atoms with E-state index in [2.05, 4.69) is 90.8 Å². The summed E-state index contributed by atoms with van der Waals surface area (Å²) in [5.41, 5.74) is 20.4. The van der Waals surface area contributed by atoms with Gasteiger partial charge in [0.05, 0.1) is 106 Å². The topological polar surface area (TPSA) is 550 Å². The van der Waals surface area contributed by atoms with Gasteiger partial charge in [-0.2, -0.15) is 9.97 Å². The number of carbonyl (C=O) groups excluding carboxylic acids is 3. The Morgan fingerprint density at radius 1 is 0.470 bits per heavy atom. The number of nitrogens with two attached hydrogens (primary N) is 2. The highest BCUT2D eigenvalue weighted by molar-refractivity contribution is 8.13. The Kier molecular flexibility index (Phi) is 56.0. The Bertz CT molecular complexity index is 5260. The number of aliphatic hydroxyl groups is 2. The number of esters is 3. The predicted octanol–water partition coefficient (Wildman–Crippen LogP) is 13.6. The maximum Gasteiger partial charge on any atom is 0.343 e. The molecule has 43 heteroatoms. The zero-order chi connectivity index (χ0) is 96.1. The maximum absolute atomic E-state index is 11.3. The summed E-state index contributed by atoms with van der Waals surface area (Å²) in [4.78, 5) is 79.3. The number of hydrogen-bond donors (Lipinski definition) is 9. The number of hydrogen-bond acceptors (Lipinski definition) is 33. The van der Waals surface area contributed by atoms with Crippen molar-refractivity contribution in [2.75, 3.05) is 132 Å². The smallest absolute Gasteiger partial charge is 0.343 e. The van der Waals surface area contributed by atoms with Crippen LogP contribution in [-0.4, -0.2) is 219 Å². The second-order valence-corrected chi connectivity index (χ2v) is 31.4. The zero-order valence-corrected chi connectivity index (χ0v) is 80.0. The summed E-state index contributed by atoms with van der Waals surface area (Å²) in [5.74, 6) is 3.73. The number of nitrogens with zero attached hydrogens (tertiary/aromatic N) is 8. The van der Waals surface area contributed by atoms with Crippen LogP contribution in [0.15, 0.2) is 122 Å². The molecule has 15 N–H and O–H groups in total. The summed E-state index contributed by atoms with van der Waals surface area (Å²) in [6, 6.07) is 29.7. The number of methoxy groups -OCH3 is 8. The highest BCUT2D eigenvalue weighted by Crippen LogP contribution is 2.34. The molecule has 726 valence electrons. The number of aryl methyl sites for hydroxylation is 1. The summed E-state index contributed by atoms with van der Waals surface area (Å²) < 4.78 is 88.7. The first-order chi connectivity index (χ1) is 62.3. The van der Waals surface area contributed by atoms with Crippen LogP contribution in [-0.2, 0) is 86.4 Å². The lowest BCUT2D eigenvalue weighted by atomic mass is 10.1. The average molecular weight is 1950 g/mol. The van der Waals surface area contributed by atoms with Crippen LogP contribution in [0.3, 0.4) is 0 Å².